The molecule has 4 aliphatic rings. The Morgan fingerprint density at radius 2 is 1.58 bits per heavy atom. The van der Waals surface area contributed by atoms with E-state index < -0.39 is 0 Å². The third kappa shape index (κ3) is 3.85. The molecule has 0 spiro atoms. The molecule has 0 amide bonds. The summed E-state index contributed by atoms with van der Waals surface area (Å²) in [6, 6.07) is 28.9. The Kier molecular flexibility index (Phi) is 5.82. The molecular formula is C36H33NS. The molecular weight excluding hydrogens is 478 g/mol. The van der Waals surface area contributed by atoms with Gasteiger partial charge in [-0.3, -0.25) is 0 Å². The minimum absolute atomic E-state index is 0.0181. The molecule has 0 N–H and O–H groups in total. The number of thioether (sulfide) groups is 1. The van der Waals surface area contributed by atoms with Crippen LogP contribution in [0.1, 0.15) is 55.4 Å². The van der Waals surface area contributed by atoms with Crippen molar-refractivity contribution < 1.29 is 0 Å². The Labute approximate surface area is 231 Å². The number of benzene rings is 3. The quantitative estimate of drug-likeness (QED) is 0.343. The zero-order valence-corrected chi connectivity index (χ0v) is 23.0. The summed E-state index contributed by atoms with van der Waals surface area (Å²) in [4.78, 5) is 5.50. The van der Waals surface area contributed by atoms with E-state index in [4.69, 9.17) is 0 Å². The van der Waals surface area contributed by atoms with Crippen LogP contribution in [0.25, 0.3) is 11.3 Å². The first-order valence-electron chi connectivity index (χ1n) is 13.9. The van der Waals surface area contributed by atoms with Gasteiger partial charge in [0.15, 0.2) is 0 Å². The zero-order chi connectivity index (χ0) is 25.7. The van der Waals surface area contributed by atoms with Crippen molar-refractivity contribution in [1.29, 1.82) is 0 Å². The molecule has 7 rings (SSSR count). The van der Waals surface area contributed by atoms with Gasteiger partial charge in [-0.25, -0.2) is 0 Å². The summed E-state index contributed by atoms with van der Waals surface area (Å²) in [5.74, 6) is 0.452. The molecule has 3 aromatic rings. The van der Waals surface area contributed by atoms with E-state index in [1.165, 1.54) is 54.7 Å². The summed E-state index contributed by atoms with van der Waals surface area (Å²) >= 11 is 1.95. The maximum atomic E-state index is 2.62. The van der Waals surface area contributed by atoms with Gasteiger partial charge >= 0.3 is 0 Å². The lowest BCUT2D eigenvalue weighted by atomic mass is 9.75. The van der Waals surface area contributed by atoms with E-state index in [0.29, 0.717) is 5.92 Å². The van der Waals surface area contributed by atoms with Crippen LogP contribution in [0.3, 0.4) is 0 Å². The molecule has 1 heterocycles. The van der Waals surface area contributed by atoms with Crippen molar-refractivity contribution in [3.05, 3.63) is 148 Å². The largest absolute Gasteiger partial charge is 0.318 e. The summed E-state index contributed by atoms with van der Waals surface area (Å²) in [7, 11) is 0. The molecule has 3 aromatic carbocycles. The minimum atomic E-state index is 0.0181. The number of nitrogens with zero attached hydrogens (tertiary/aromatic N) is 1. The summed E-state index contributed by atoms with van der Waals surface area (Å²) in [6.45, 7) is 4.82. The lowest BCUT2D eigenvalue weighted by molar-refractivity contribution is 0.454. The Morgan fingerprint density at radius 3 is 2.45 bits per heavy atom. The van der Waals surface area contributed by atoms with Gasteiger partial charge in [-0.05, 0) is 71.7 Å². The lowest BCUT2D eigenvalue weighted by Gasteiger charge is -2.41. The van der Waals surface area contributed by atoms with Gasteiger partial charge in [-0.2, -0.15) is 0 Å². The minimum Gasteiger partial charge on any atom is -0.318 e. The second-order valence-corrected chi connectivity index (χ2v) is 12.3. The summed E-state index contributed by atoms with van der Waals surface area (Å²) in [6.07, 6.45) is 16.3. The highest BCUT2D eigenvalue weighted by Gasteiger charge is 2.43. The molecule has 3 aliphatic carbocycles. The van der Waals surface area contributed by atoms with Crippen molar-refractivity contribution in [3.63, 3.8) is 0 Å². The Morgan fingerprint density at radius 1 is 0.816 bits per heavy atom. The van der Waals surface area contributed by atoms with Crippen molar-refractivity contribution in [1.82, 2.24) is 4.90 Å². The Hall–Kier alpha value is -3.49. The maximum absolute atomic E-state index is 2.62. The van der Waals surface area contributed by atoms with Crippen LogP contribution in [0.2, 0.25) is 0 Å². The topological polar surface area (TPSA) is 3.24 Å². The van der Waals surface area contributed by atoms with Crippen LogP contribution in [-0.4, -0.2) is 4.90 Å². The smallest absolute Gasteiger partial charge is 0.0490 e. The SMILES string of the molecule is CC1CC(N(C2=CC=C3Sc4ccccc4[C@]3(C)C2)C2=CCCc3ccccc32)=CC=C1c1ccccc1. The second-order valence-electron chi connectivity index (χ2n) is 11.2. The van der Waals surface area contributed by atoms with Crippen molar-refractivity contribution in [2.24, 2.45) is 5.92 Å². The molecule has 1 nitrogen and oxygen atoms in total. The van der Waals surface area contributed by atoms with Crippen molar-refractivity contribution in [3.8, 4) is 0 Å². The van der Waals surface area contributed by atoms with E-state index in [-0.39, 0.29) is 5.41 Å². The molecule has 2 heteroatoms. The predicted molar refractivity (Wildman–Crippen MR) is 161 cm³/mol. The van der Waals surface area contributed by atoms with E-state index in [2.05, 4.69) is 128 Å². The van der Waals surface area contributed by atoms with Crippen molar-refractivity contribution >= 4 is 23.0 Å². The van der Waals surface area contributed by atoms with Gasteiger partial charge in [-0.1, -0.05) is 111 Å². The van der Waals surface area contributed by atoms with Gasteiger partial charge < -0.3 is 4.90 Å². The fourth-order valence-corrected chi connectivity index (χ4v) is 8.04. The molecule has 0 fully saturated rings. The molecule has 1 aliphatic heterocycles. The number of hydrogen-bond acceptors (Lipinski definition) is 2. The average molecular weight is 512 g/mol. The van der Waals surface area contributed by atoms with Gasteiger partial charge in [0.05, 0.1) is 0 Å². The van der Waals surface area contributed by atoms with E-state index in [1.807, 2.05) is 11.8 Å². The highest BCUT2D eigenvalue weighted by atomic mass is 32.2. The van der Waals surface area contributed by atoms with Crippen LogP contribution < -0.4 is 0 Å². The average Bonchev–Trinajstić information content (AvgIpc) is 3.26. The fraction of sp³-hybridized carbons (Fsp3) is 0.222. The standard InChI is InChI=1S/C36H33NS/c1-25-23-28(19-21-30(25)26-11-4-3-5-12-26)37(33-17-10-14-27-13-6-7-15-31(27)33)29-20-22-35-36(2,24-29)32-16-8-9-18-34(32)38-35/h3-9,11-13,15-22,25H,10,14,23-24H2,1-2H3/t25?,36-/m0/s1. The second kappa shape index (κ2) is 9.36. The first-order valence-corrected chi connectivity index (χ1v) is 14.7. The van der Waals surface area contributed by atoms with Crippen molar-refractivity contribution in [2.45, 2.75) is 49.8 Å². The van der Waals surface area contributed by atoms with E-state index >= 15 is 0 Å². The first-order chi connectivity index (χ1) is 18.6. The molecule has 0 bridgehead atoms. The molecule has 188 valence electrons. The molecule has 1 unspecified atom stereocenters. The third-order valence-electron chi connectivity index (χ3n) is 8.68. The number of rotatable bonds is 4. The van der Waals surface area contributed by atoms with Crippen LogP contribution in [-0.2, 0) is 11.8 Å². The van der Waals surface area contributed by atoms with Gasteiger partial charge in [-0.15, -0.1) is 0 Å². The summed E-state index contributed by atoms with van der Waals surface area (Å²) in [5, 5.41) is 0. The number of aryl methyl sites for hydroxylation is 1. The highest BCUT2D eigenvalue weighted by molar-refractivity contribution is 8.03. The van der Waals surface area contributed by atoms with E-state index in [9.17, 15) is 0 Å². The molecule has 0 saturated carbocycles. The van der Waals surface area contributed by atoms with Gasteiger partial charge in [0, 0.05) is 44.3 Å². The number of allylic oxidation sites excluding steroid dienone is 9. The predicted octanol–water partition coefficient (Wildman–Crippen LogP) is 9.52. The lowest BCUT2D eigenvalue weighted by Crippen LogP contribution is -2.32. The zero-order valence-electron chi connectivity index (χ0n) is 22.2. The van der Waals surface area contributed by atoms with Gasteiger partial charge in [0.1, 0.15) is 0 Å². The van der Waals surface area contributed by atoms with Crippen LogP contribution in [0.15, 0.2) is 130 Å². The first kappa shape index (κ1) is 23.6. The van der Waals surface area contributed by atoms with Crippen LogP contribution >= 0.6 is 11.8 Å². The number of hydrogen-bond donors (Lipinski definition) is 0. The molecule has 38 heavy (non-hydrogen) atoms. The molecule has 0 radical (unpaired) electrons. The van der Waals surface area contributed by atoms with Crippen LogP contribution in [0.5, 0.6) is 0 Å². The Bertz CT molecular complexity index is 1570. The Balaban J connectivity index is 1.34. The normalized spacial score (nSPS) is 23.6. The fourth-order valence-electron chi connectivity index (χ4n) is 6.71. The van der Waals surface area contributed by atoms with Gasteiger partial charge in [0.2, 0.25) is 0 Å². The van der Waals surface area contributed by atoms with Crippen LogP contribution in [0.4, 0.5) is 0 Å². The third-order valence-corrected chi connectivity index (χ3v) is 10.1. The molecule has 2 atom stereocenters. The van der Waals surface area contributed by atoms with E-state index in [0.717, 1.165) is 25.7 Å². The van der Waals surface area contributed by atoms with Crippen molar-refractivity contribution in [2.75, 3.05) is 0 Å². The van der Waals surface area contributed by atoms with Gasteiger partial charge in [0.25, 0.3) is 0 Å². The number of fused-ring (bicyclic) bond motifs is 4. The van der Waals surface area contributed by atoms with Crippen LogP contribution in [0, 0.1) is 5.92 Å². The maximum Gasteiger partial charge on any atom is 0.0490 e. The molecule has 0 saturated heterocycles. The summed E-state index contributed by atoms with van der Waals surface area (Å²) < 4.78 is 0. The van der Waals surface area contributed by atoms with E-state index in [1.54, 1.807) is 0 Å². The summed E-state index contributed by atoms with van der Waals surface area (Å²) in [5.41, 5.74) is 11.2. The monoisotopic (exact) mass is 511 g/mol. The molecule has 0 aromatic heterocycles. The highest BCUT2D eigenvalue weighted by Crippen LogP contribution is 2.57.